The number of aromatic hydroxyl groups is 1. The number of aryl methyl sites for hydroxylation is 1. The van der Waals surface area contributed by atoms with Crippen LogP contribution in [-0.2, 0) is 6.42 Å². The van der Waals surface area contributed by atoms with E-state index >= 15 is 0 Å². The highest BCUT2D eigenvalue weighted by molar-refractivity contribution is 6.02. The molecule has 0 bridgehead atoms. The van der Waals surface area contributed by atoms with Crippen molar-refractivity contribution in [1.29, 1.82) is 0 Å². The van der Waals surface area contributed by atoms with Gasteiger partial charge in [-0.2, -0.15) is 0 Å². The normalized spacial score (nSPS) is 19.1. The predicted molar refractivity (Wildman–Crippen MR) is 54.5 cm³/mol. The van der Waals surface area contributed by atoms with Crippen LogP contribution >= 0.6 is 0 Å². The molecule has 0 atom stereocenters. The summed E-state index contributed by atoms with van der Waals surface area (Å²) in [4.78, 5) is 12.0. The lowest BCUT2D eigenvalue weighted by atomic mass is 9.73. The van der Waals surface area contributed by atoms with Crippen molar-refractivity contribution in [3.05, 3.63) is 29.3 Å². The lowest BCUT2D eigenvalue weighted by Gasteiger charge is -2.29. The number of phenols is 1. The summed E-state index contributed by atoms with van der Waals surface area (Å²) >= 11 is 0. The maximum atomic E-state index is 12.0. The fraction of sp³-hybridized carbons (Fsp3) is 0.417. The topological polar surface area (TPSA) is 37.3 Å². The average Bonchev–Trinajstić information content (AvgIpc) is 2.12. The Morgan fingerprint density at radius 1 is 1.36 bits per heavy atom. The number of carbonyl (C=O) groups is 1. The van der Waals surface area contributed by atoms with E-state index < -0.39 is 0 Å². The van der Waals surface area contributed by atoms with Gasteiger partial charge in [0.25, 0.3) is 0 Å². The molecule has 74 valence electrons. The molecule has 1 N–H and O–H groups in total. The van der Waals surface area contributed by atoms with Gasteiger partial charge in [0, 0.05) is 11.0 Å². The summed E-state index contributed by atoms with van der Waals surface area (Å²) in [6, 6.07) is 5.01. The number of fused-ring (bicyclic) bond motifs is 1. The van der Waals surface area contributed by atoms with Gasteiger partial charge < -0.3 is 5.11 Å². The number of hydrogen-bond acceptors (Lipinski definition) is 2. The highest BCUT2D eigenvalue weighted by Crippen LogP contribution is 2.35. The summed E-state index contributed by atoms with van der Waals surface area (Å²) in [5.74, 6) is 0.440. The summed E-state index contributed by atoms with van der Waals surface area (Å²) < 4.78 is 0. The van der Waals surface area contributed by atoms with Crippen molar-refractivity contribution in [2.45, 2.75) is 26.7 Å². The predicted octanol–water partition coefficient (Wildman–Crippen LogP) is 2.55. The second-order valence-electron chi connectivity index (χ2n) is 4.55. The van der Waals surface area contributed by atoms with E-state index in [9.17, 15) is 9.90 Å². The molecule has 2 heteroatoms. The van der Waals surface area contributed by atoms with Crippen molar-refractivity contribution in [3.63, 3.8) is 0 Å². The van der Waals surface area contributed by atoms with E-state index in [-0.39, 0.29) is 16.9 Å². The van der Waals surface area contributed by atoms with Crippen LogP contribution in [0.3, 0.4) is 0 Å². The number of Topliss-reactive ketones (excluding diaryl/α,β-unsaturated/α-hetero) is 1. The maximum Gasteiger partial charge on any atom is 0.168 e. The van der Waals surface area contributed by atoms with Gasteiger partial charge in [0.1, 0.15) is 5.75 Å². The first-order valence-corrected chi connectivity index (χ1v) is 4.87. The van der Waals surface area contributed by atoms with Crippen LogP contribution in [0.2, 0.25) is 0 Å². The fourth-order valence-electron chi connectivity index (χ4n) is 1.93. The molecular formula is C12H14O2. The number of carbonyl (C=O) groups excluding carboxylic acids is 1. The first-order valence-electron chi connectivity index (χ1n) is 4.87. The summed E-state index contributed by atoms with van der Waals surface area (Å²) in [7, 11) is 0. The zero-order valence-corrected chi connectivity index (χ0v) is 8.50. The van der Waals surface area contributed by atoms with Gasteiger partial charge in [-0.1, -0.05) is 13.8 Å². The van der Waals surface area contributed by atoms with E-state index in [1.807, 2.05) is 13.8 Å². The Kier molecular flexibility index (Phi) is 1.88. The van der Waals surface area contributed by atoms with Gasteiger partial charge in [-0.3, -0.25) is 4.79 Å². The molecule has 0 saturated heterocycles. The third-order valence-corrected chi connectivity index (χ3v) is 2.97. The molecule has 1 aliphatic carbocycles. The van der Waals surface area contributed by atoms with Crippen molar-refractivity contribution in [3.8, 4) is 5.75 Å². The Labute approximate surface area is 83.6 Å². The number of phenolic OH excluding ortho intramolecular Hbond substituents is 1. The van der Waals surface area contributed by atoms with Gasteiger partial charge in [0.2, 0.25) is 0 Å². The van der Waals surface area contributed by atoms with Crippen LogP contribution in [0.15, 0.2) is 18.2 Å². The molecule has 1 aromatic rings. The van der Waals surface area contributed by atoms with Crippen molar-refractivity contribution in [2.75, 3.05) is 0 Å². The highest BCUT2D eigenvalue weighted by Gasteiger charge is 2.33. The van der Waals surface area contributed by atoms with E-state index in [0.29, 0.717) is 0 Å². The minimum Gasteiger partial charge on any atom is -0.508 e. The monoisotopic (exact) mass is 190 g/mol. The molecular weight excluding hydrogens is 176 g/mol. The molecule has 0 amide bonds. The summed E-state index contributed by atoms with van der Waals surface area (Å²) in [6.07, 6.45) is 1.74. The lowest BCUT2D eigenvalue weighted by molar-refractivity contribution is 0.0811. The van der Waals surface area contributed by atoms with Crippen LogP contribution in [0.5, 0.6) is 5.75 Å². The molecule has 2 nitrogen and oxygen atoms in total. The van der Waals surface area contributed by atoms with Crippen LogP contribution in [-0.4, -0.2) is 10.9 Å². The standard InChI is InChI=1S/C12H14O2/c1-12(2)6-5-8-7-9(13)3-4-10(8)11(12)14/h3-4,7,13H,5-6H2,1-2H3. The molecule has 0 aliphatic heterocycles. The Balaban J connectivity index is 2.52. The van der Waals surface area contributed by atoms with E-state index in [1.54, 1.807) is 18.2 Å². The van der Waals surface area contributed by atoms with E-state index in [0.717, 1.165) is 24.0 Å². The lowest BCUT2D eigenvalue weighted by Crippen LogP contribution is -2.30. The van der Waals surface area contributed by atoms with Crippen LogP contribution in [0, 0.1) is 5.41 Å². The highest BCUT2D eigenvalue weighted by atomic mass is 16.3. The largest absolute Gasteiger partial charge is 0.508 e. The minimum atomic E-state index is -0.246. The molecule has 14 heavy (non-hydrogen) atoms. The molecule has 0 fully saturated rings. The van der Waals surface area contributed by atoms with Crippen LogP contribution in [0.1, 0.15) is 36.2 Å². The van der Waals surface area contributed by atoms with Crippen LogP contribution in [0.25, 0.3) is 0 Å². The van der Waals surface area contributed by atoms with Gasteiger partial charge in [0.05, 0.1) is 0 Å². The Hall–Kier alpha value is -1.31. The van der Waals surface area contributed by atoms with Crippen LogP contribution in [0.4, 0.5) is 0 Å². The molecule has 0 saturated carbocycles. The zero-order valence-electron chi connectivity index (χ0n) is 8.50. The minimum absolute atomic E-state index is 0.193. The maximum absolute atomic E-state index is 12.0. The summed E-state index contributed by atoms with van der Waals surface area (Å²) in [6.45, 7) is 3.95. The van der Waals surface area contributed by atoms with Gasteiger partial charge >= 0.3 is 0 Å². The molecule has 0 heterocycles. The first kappa shape index (κ1) is 9.25. The Morgan fingerprint density at radius 2 is 2.07 bits per heavy atom. The molecule has 2 rings (SSSR count). The SMILES string of the molecule is CC1(C)CCc2cc(O)ccc2C1=O. The third-order valence-electron chi connectivity index (χ3n) is 2.97. The molecule has 1 aliphatic rings. The summed E-state index contributed by atoms with van der Waals surface area (Å²) in [5, 5.41) is 9.29. The zero-order chi connectivity index (χ0) is 10.3. The van der Waals surface area contributed by atoms with Crippen molar-refractivity contribution in [2.24, 2.45) is 5.41 Å². The van der Waals surface area contributed by atoms with Crippen molar-refractivity contribution < 1.29 is 9.90 Å². The number of hydrogen-bond donors (Lipinski definition) is 1. The van der Waals surface area contributed by atoms with Crippen molar-refractivity contribution >= 4 is 5.78 Å². The fourth-order valence-corrected chi connectivity index (χ4v) is 1.93. The molecule has 0 unspecified atom stereocenters. The van der Waals surface area contributed by atoms with Gasteiger partial charge in [-0.05, 0) is 36.6 Å². The van der Waals surface area contributed by atoms with Gasteiger partial charge in [0.15, 0.2) is 5.78 Å². The molecule has 0 aromatic heterocycles. The third kappa shape index (κ3) is 1.31. The van der Waals surface area contributed by atoms with Crippen molar-refractivity contribution in [1.82, 2.24) is 0 Å². The van der Waals surface area contributed by atoms with E-state index in [1.165, 1.54) is 0 Å². The number of rotatable bonds is 0. The number of ketones is 1. The van der Waals surface area contributed by atoms with Gasteiger partial charge in [-0.25, -0.2) is 0 Å². The van der Waals surface area contributed by atoms with E-state index in [4.69, 9.17) is 0 Å². The Bertz CT molecular complexity index is 391. The first-order chi connectivity index (χ1) is 6.50. The van der Waals surface area contributed by atoms with Crippen LogP contribution < -0.4 is 0 Å². The smallest absolute Gasteiger partial charge is 0.168 e. The molecule has 0 radical (unpaired) electrons. The van der Waals surface area contributed by atoms with Gasteiger partial charge in [-0.15, -0.1) is 0 Å². The number of benzene rings is 1. The van der Waals surface area contributed by atoms with E-state index in [2.05, 4.69) is 0 Å². The Morgan fingerprint density at radius 3 is 2.79 bits per heavy atom. The molecule has 0 spiro atoms. The average molecular weight is 190 g/mol. The summed E-state index contributed by atoms with van der Waals surface area (Å²) in [5.41, 5.74) is 1.51. The second kappa shape index (κ2) is 2.84. The second-order valence-corrected chi connectivity index (χ2v) is 4.55. The molecule has 1 aromatic carbocycles. The quantitative estimate of drug-likeness (QED) is 0.682.